The van der Waals surface area contributed by atoms with E-state index in [1.165, 1.54) is 0 Å². The second kappa shape index (κ2) is 7.42. The molecule has 1 amide bonds. The first-order valence-corrected chi connectivity index (χ1v) is 10.3. The van der Waals surface area contributed by atoms with Crippen LogP contribution >= 0.6 is 0 Å². The number of carbonyl (C=O) groups is 1. The number of nitrogens with one attached hydrogen (secondary N) is 1. The average Bonchev–Trinajstić information content (AvgIpc) is 3.35. The summed E-state index contributed by atoms with van der Waals surface area (Å²) in [6, 6.07) is 7.22. The number of carbonyl (C=O) groups excluding carboxylic acids is 1. The van der Waals surface area contributed by atoms with E-state index in [1.54, 1.807) is 30.0 Å². The molecule has 2 aromatic heterocycles. The first-order valence-electron chi connectivity index (χ1n) is 10.3. The first-order chi connectivity index (χ1) is 14.9. The van der Waals surface area contributed by atoms with Gasteiger partial charge in [-0.1, -0.05) is 0 Å². The number of amides is 1. The minimum absolute atomic E-state index is 0.232. The highest BCUT2D eigenvalue weighted by Gasteiger charge is 2.35. The number of ether oxygens (including phenoxy) is 3. The van der Waals surface area contributed by atoms with Gasteiger partial charge in [0.05, 0.1) is 26.5 Å². The van der Waals surface area contributed by atoms with Crippen molar-refractivity contribution in [3.8, 4) is 11.5 Å². The van der Waals surface area contributed by atoms with Gasteiger partial charge in [-0.2, -0.15) is 9.61 Å². The topological polar surface area (TPSA) is 90.2 Å². The molecule has 0 saturated carbocycles. The summed E-state index contributed by atoms with van der Waals surface area (Å²) in [5.41, 5.74) is 1.68. The molecule has 1 aromatic carbocycles. The molecule has 0 atom stereocenters. The largest absolute Gasteiger partial charge is 0.493 e. The van der Waals surface area contributed by atoms with Gasteiger partial charge in [0.1, 0.15) is 17.2 Å². The summed E-state index contributed by atoms with van der Waals surface area (Å²) in [5, 5.41) is 7.35. The predicted molar refractivity (Wildman–Crippen MR) is 115 cm³/mol. The second-order valence-electron chi connectivity index (χ2n) is 8.32. The summed E-state index contributed by atoms with van der Waals surface area (Å²) < 4.78 is 18.7. The lowest BCUT2D eigenvalue weighted by molar-refractivity contribution is 0.102. The van der Waals surface area contributed by atoms with Gasteiger partial charge >= 0.3 is 0 Å². The summed E-state index contributed by atoms with van der Waals surface area (Å²) in [4.78, 5) is 20.0. The molecule has 3 aromatic rings. The first kappa shape index (κ1) is 19.6. The zero-order chi connectivity index (χ0) is 21.6. The van der Waals surface area contributed by atoms with E-state index in [-0.39, 0.29) is 5.91 Å². The zero-order valence-electron chi connectivity index (χ0n) is 17.8. The van der Waals surface area contributed by atoms with Crippen molar-refractivity contribution in [1.82, 2.24) is 14.6 Å². The van der Waals surface area contributed by atoms with E-state index in [0.29, 0.717) is 48.2 Å². The van der Waals surface area contributed by atoms with Gasteiger partial charge in [-0.25, -0.2) is 4.98 Å². The Morgan fingerprint density at radius 1 is 1.23 bits per heavy atom. The fraction of sp³-hybridized carbons (Fsp3) is 0.409. The number of hydrogen-bond acceptors (Lipinski definition) is 7. The Morgan fingerprint density at radius 2 is 2.03 bits per heavy atom. The number of methoxy groups -OCH3 is 1. The Balaban J connectivity index is 1.49. The smallest absolute Gasteiger partial charge is 0.257 e. The summed E-state index contributed by atoms with van der Waals surface area (Å²) in [5.74, 6) is 2.38. The predicted octanol–water partition coefficient (Wildman–Crippen LogP) is 2.54. The minimum Gasteiger partial charge on any atom is -0.493 e. The van der Waals surface area contributed by atoms with Crippen LogP contribution < -0.4 is 19.7 Å². The average molecular weight is 423 g/mol. The van der Waals surface area contributed by atoms with Crippen molar-refractivity contribution >= 4 is 23.2 Å². The summed E-state index contributed by atoms with van der Waals surface area (Å²) >= 11 is 0. The molecule has 9 nitrogen and oxygen atoms in total. The van der Waals surface area contributed by atoms with Crippen molar-refractivity contribution in [3.05, 3.63) is 41.6 Å². The molecular weight excluding hydrogens is 398 g/mol. The molecule has 0 aliphatic carbocycles. The van der Waals surface area contributed by atoms with E-state index >= 15 is 0 Å². The van der Waals surface area contributed by atoms with Gasteiger partial charge in [0.25, 0.3) is 5.91 Å². The van der Waals surface area contributed by atoms with Gasteiger partial charge < -0.3 is 24.4 Å². The van der Waals surface area contributed by atoms with Crippen LogP contribution in [0.25, 0.3) is 5.65 Å². The zero-order valence-corrected chi connectivity index (χ0v) is 17.8. The Morgan fingerprint density at radius 3 is 2.81 bits per heavy atom. The van der Waals surface area contributed by atoms with Crippen molar-refractivity contribution < 1.29 is 19.0 Å². The summed E-state index contributed by atoms with van der Waals surface area (Å²) in [7, 11) is 1.60. The molecule has 1 fully saturated rings. The quantitative estimate of drug-likeness (QED) is 0.690. The van der Waals surface area contributed by atoms with Crippen LogP contribution in [0.3, 0.4) is 0 Å². The number of rotatable bonds is 4. The SMILES string of the molecule is COc1ccc(C(=O)Nc2cc(N3CCOCC3)n3nccc3n2)c2c1OC(C)(C)C2. The van der Waals surface area contributed by atoms with E-state index in [9.17, 15) is 4.79 Å². The van der Waals surface area contributed by atoms with Crippen LogP contribution in [0, 0.1) is 0 Å². The number of hydrogen-bond donors (Lipinski definition) is 1. The Labute approximate surface area is 179 Å². The molecule has 162 valence electrons. The highest BCUT2D eigenvalue weighted by molar-refractivity contribution is 6.06. The molecule has 5 rings (SSSR count). The van der Waals surface area contributed by atoms with E-state index in [2.05, 4.69) is 20.3 Å². The van der Waals surface area contributed by atoms with Crippen LogP contribution in [-0.4, -0.2) is 59.5 Å². The molecular formula is C22H25N5O4. The Bertz CT molecular complexity index is 1150. The summed E-state index contributed by atoms with van der Waals surface area (Å²) in [6.45, 7) is 6.81. The molecule has 2 aliphatic heterocycles. The number of anilines is 2. The Hall–Kier alpha value is -3.33. The van der Waals surface area contributed by atoms with Gasteiger partial charge in [0.15, 0.2) is 17.1 Å². The molecule has 1 saturated heterocycles. The molecule has 0 unspecified atom stereocenters. The van der Waals surface area contributed by atoms with E-state index in [0.717, 1.165) is 24.5 Å². The monoisotopic (exact) mass is 423 g/mol. The standard InChI is InChI=1S/C22H25N5O4/c1-22(2)13-15-14(4-5-16(29-3)20(15)31-22)21(28)25-17-12-19(26-8-10-30-11-9-26)27-18(24-17)6-7-23-27/h4-7,12H,8-11,13H2,1-3H3,(H,24,25,28). The van der Waals surface area contributed by atoms with E-state index in [4.69, 9.17) is 14.2 Å². The van der Waals surface area contributed by atoms with Gasteiger partial charge in [-0.05, 0) is 26.0 Å². The minimum atomic E-state index is -0.399. The lowest BCUT2D eigenvalue weighted by Crippen LogP contribution is -2.37. The van der Waals surface area contributed by atoms with Gasteiger partial charge in [0.2, 0.25) is 0 Å². The van der Waals surface area contributed by atoms with Gasteiger partial charge in [0, 0.05) is 42.8 Å². The van der Waals surface area contributed by atoms with Gasteiger partial charge in [-0.15, -0.1) is 0 Å². The number of nitrogens with zero attached hydrogens (tertiary/aromatic N) is 4. The molecule has 9 heteroatoms. The highest BCUT2D eigenvalue weighted by Crippen LogP contribution is 2.43. The van der Waals surface area contributed by atoms with Crippen molar-refractivity contribution in [1.29, 1.82) is 0 Å². The fourth-order valence-corrected chi connectivity index (χ4v) is 4.17. The maximum absolute atomic E-state index is 13.2. The van der Waals surface area contributed by atoms with Crippen molar-refractivity contribution in [2.45, 2.75) is 25.9 Å². The maximum atomic E-state index is 13.2. The van der Waals surface area contributed by atoms with E-state index < -0.39 is 5.60 Å². The number of aromatic nitrogens is 3. The maximum Gasteiger partial charge on any atom is 0.257 e. The van der Waals surface area contributed by atoms with E-state index in [1.807, 2.05) is 26.0 Å². The third kappa shape index (κ3) is 3.54. The normalized spacial score (nSPS) is 17.3. The second-order valence-corrected chi connectivity index (χ2v) is 8.32. The number of benzene rings is 1. The number of morpholine rings is 1. The van der Waals surface area contributed by atoms with Crippen LogP contribution in [-0.2, 0) is 11.2 Å². The molecule has 0 radical (unpaired) electrons. The van der Waals surface area contributed by atoms with Crippen LogP contribution in [0.15, 0.2) is 30.5 Å². The lowest BCUT2D eigenvalue weighted by Gasteiger charge is -2.29. The molecule has 4 heterocycles. The van der Waals surface area contributed by atoms with Gasteiger partial charge in [-0.3, -0.25) is 4.79 Å². The van der Waals surface area contributed by atoms with Crippen molar-refractivity contribution in [3.63, 3.8) is 0 Å². The highest BCUT2D eigenvalue weighted by atomic mass is 16.5. The third-order valence-electron chi connectivity index (χ3n) is 5.59. The molecule has 0 bridgehead atoms. The van der Waals surface area contributed by atoms with Crippen LogP contribution in [0.2, 0.25) is 0 Å². The van der Waals surface area contributed by atoms with Crippen molar-refractivity contribution in [2.24, 2.45) is 0 Å². The van der Waals surface area contributed by atoms with Crippen LogP contribution in [0.5, 0.6) is 11.5 Å². The van der Waals surface area contributed by atoms with Crippen LogP contribution in [0.4, 0.5) is 11.6 Å². The molecule has 1 N–H and O–H groups in total. The molecule has 0 spiro atoms. The Kier molecular flexibility index (Phi) is 4.70. The number of fused-ring (bicyclic) bond motifs is 2. The molecule has 2 aliphatic rings. The third-order valence-corrected chi connectivity index (χ3v) is 5.59. The molecule has 31 heavy (non-hydrogen) atoms. The lowest BCUT2D eigenvalue weighted by atomic mass is 9.96. The van der Waals surface area contributed by atoms with Crippen molar-refractivity contribution in [2.75, 3.05) is 43.6 Å². The fourth-order valence-electron chi connectivity index (χ4n) is 4.17. The summed E-state index contributed by atoms with van der Waals surface area (Å²) in [6.07, 6.45) is 2.32. The van der Waals surface area contributed by atoms with Crippen LogP contribution in [0.1, 0.15) is 29.8 Å².